The number of rotatable bonds is 4. The molecule has 0 aliphatic heterocycles. The summed E-state index contributed by atoms with van der Waals surface area (Å²) in [6.07, 6.45) is 1.71. The largest absolute Gasteiger partial charge is 0.399 e. The number of sulfone groups is 1. The number of nitrogens with two attached hydrogens (primary N) is 2. The van der Waals surface area contributed by atoms with Gasteiger partial charge in [0, 0.05) is 18.0 Å². The summed E-state index contributed by atoms with van der Waals surface area (Å²) < 4.78 is 23.1. The molecule has 0 unspecified atom stereocenters. The monoisotopic (exact) mass is 242 g/mol. The predicted octanol–water partition coefficient (Wildman–Crippen LogP) is 1.09. The Balaban J connectivity index is 3.05. The summed E-state index contributed by atoms with van der Waals surface area (Å²) in [6.45, 7) is 1.82. The van der Waals surface area contributed by atoms with Crippen LogP contribution < -0.4 is 11.5 Å². The van der Waals surface area contributed by atoms with Gasteiger partial charge in [-0.25, -0.2) is 8.42 Å². The van der Waals surface area contributed by atoms with Crippen LogP contribution in [0.5, 0.6) is 0 Å². The molecule has 0 spiro atoms. The fourth-order valence-corrected chi connectivity index (χ4v) is 3.10. The molecule has 0 heterocycles. The molecule has 4 N–H and O–H groups in total. The number of hydrogen-bond donors (Lipinski definition) is 2. The van der Waals surface area contributed by atoms with Crippen LogP contribution in [0, 0.1) is 0 Å². The lowest BCUT2D eigenvalue weighted by molar-refractivity contribution is 0.553. The zero-order valence-corrected chi connectivity index (χ0v) is 10.4. The van der Waals surface area contributed by atoms with Gasteiger partial charge in [0.1, 0.15) is 0 Å². The molecule has 90 valence electrons. The zero-order chi connectivity index (χ0) is 12.3. The van der Waals surface area contributed by atoms with Gasteiger partial charge in [0.25, 0.3) is 0 Å². The molecular formula is C11H18N2O2S. The Kier molecular flexibility index (Phi) is 3.93. The fourth-order valence-electron chi connectivity index (χ4n) is 1.80. The molecule has 4 nitrogen and oxygen atoms in total. The van der Waals surface area contributed by atoms with Gasteiger partial charge in [-0.2, -0.15) is 0 Å². The Morgan fingerprint density at radius 2 is 2.00 bits per heavy atom. The lowest BCUT2D eigenvalue weighted by Gasteiger charge is -2.21. The third-order valence-corrected chi connectivity index (χ3v) is 4.37. The summed E-state index contributed by atoms with van der Waals surface area (Å²) >= 11 is 0. The van der Waals surface area contributed by atoms with Crippen molar-refractivity contribution in [3.8, 4) is 0 Å². The Labute approximate surface area is 96.6 Å². The van der Waals surface area contributed by atoms with Crippen molar-refractivity contribution < 1.29 is 8.42 Å². The highest BCUT2D eigenvalue weighted by Crippen LogP contribution is 2.23. The van der Waals surface area contributed by atoms with E-state index >= 15 is 0 Å². The van der Waals surface area contributed by atoms with Crippen molar-refractivity contribution in [2.75, 3.05) is 12.0 Å². The van der Waals surface area contributed by atoms with E-state index in [1.807, 2.05) is 6.92 Å². The van der Waals surface area contributed by atoms with Crippen molar-refractivity contribution >= 4 is 15.5 Å². The van der Waals surface area contributed by atoms with E-state index in [9.17, 15) is 8.42 Å². The molecule has 1 rings (SSSR count). The lowest BCUT2D eigenvalue weighted by atomic mass is 10.0. The Hall–Kier alpha value is -1.07. The first-order valence-electron chi connectivity index (χ1n) is 5.16. The smallest absolute Gasteiger partial charge is 0.152 e. The lowest BCUT2D eigenvalue weighted by Crippen LogP contribution is -2.32. The molecule has 0 saturated heterocycles. The molecule has 0 radical (unpaired) electrons. The Bertz CT molecular complexity index is 457. The number of nitrogen functional groups attached to an aromatic ring is 1. The molecule has 0 amide bonds. The van der Waals surface area contributed by atoms with Gasteiger partial charge < -0.3 is 11.5 Å². The van der Waals surface area contributed by atoms with Gasteiger partial charge in [-0.05, 0) is 24.1 Å². The molecule has 0 bridgehead atoms. The molecule has 2 atom stereocenters. The average Bonchev–Trinajstić information content (AvgIpc) is 2.16. The second-order valence-corrected chi connectivity index (χ2v) is 6.24. The van der Waals surface area contributed by atoms with Gasteiger partial charge in [-0.3, -0.25) is 0 Å². The van der Waals surface area contributed by atoms with Gasteiger partial charge in [0.05, 0.1) is 5.25 Å². The van der Waals surface area contributed by atoms with Gasteiger partial charge in [0.2, 0.25) is 0 Å². The highest BCUT2D eigenvalue weighted by Gasteiger charge is 2.26. The van der Waals surface area contributed by atoms with Crippen molar-refractivity contribution in [1.29, 1.82) is 0 Å². The molecule has 0 saturated carbocycles. The van der Waals surface area contributed by atoms with Crippen LogP contribution in [0.25, 0.3) is 0 Å². The van der Waals surface area contributed by atoms with E-state index in [1.54, 1.807) is 24.3 Å². The summed E-state index contributed by atoms with van der Waals surface area (Å²) in [4.78, 5) is 0. The summed E-state index contributed by atoms with van der Waals surface area (Å²) in [7, 11) is -3.14. The molecule has 1 aromatic rings. The minimum absolute atomic E-state index is 0.495. The number of hydrogen-bond acceptors (Lipinski definition) is 4. The van der Waals surface area contributed by atoms with E-state index in [4.69, 9.17) is 11.5 Å². The van der Waals surface area contributed by atoms with Gasteiger partial charge in [-0.15, -0.1) is 0 Å². The van der Waals surface area contributed by atoms with Gasteiger partial charge in [0.15, 0.2) is 9.84 Å². The molecule has 0 fully saturated rings. The third-order valence-electron chi connectivity index (χ3n) is 2.65. The summed E-state index contributed by atoms with van der Waals surface area (Å²) in [6, 6.07) is 6.52. The minimum atomic E-state index is -3.14. The SMILES string of the molecule is CC[C@H]([C@@H](N)c1cccc(N)c1)S(C)(=O)=O. The Morgan fingerprint density at radius 1 is 1.38 bits per heavy atom. The summed E-state index contributed by atoms with van der Waals surface area (Å²) in [5.74, 6) is 0. The quantitative estimate of drug-likeness (QED) is 0.774. The van der Waals surface area contributed by atoms with Crippen LogP contribution in [0.3, 0.4) is 0 Å². The summed E-state index contributed by atoms with van der Waals surface area (Å²) in [5.41, 5.74) is 13.0. The zero-order valence-electron chi connectivity index (χ0n) is 9.55. The van der Waals surface area contributed by atoms with E-state index in [0.29, 0.717) is 12.1 Å². The average molecular weight is 242 g/mol. The first-order valence-corrected chi connectivity index (χ1v) is 7.11. The van der Waals surface area contributed by atoms with E-state index in [2.05, 4.69) is 0 Å². The maximum absolute atomic E-state index is 11.6. The molecule has 16 heavy (non-hydrogen) atoms. The second-order valence-electron chi connectivity index (χ2n) is 3.97. The van der Waals surface area contributed by atoms with Crippen LogP contribution in [0.4, 0.5) is 5.69 Å². The van der Waals surface area contributed by atoms with Crippen molar-refractivity contribution in [2.24, 2.45) is 5.73 Å². The molecule has 0 aromatic heterocycles. The maximum Gasteiger partial charge on any atom is 0.152 e. The third kappa shape index (κ3) is 2.96. The highest BCUT2D eigenvalue weighted by atomic mass is 32.2. The van der Waals surface area contributed by atoms with E-state index in [1.165, 1.54) is 6.26 Å². The predicted molar refractivity (Wildman–Crippen MR) is 66.7 cm³/mol. The first-order chi connectivity index (χ1) is 7.36. The topological polar surface area (TPSA) is 86.2 Å². The van der Waals surface area contributed by atoms with Crippen LogP contribution in [-0.4, -0.2) is 19.9 Å². The Morgan fingerprint density at radius 3 is 2.44 bits per heavy atom. The minimum Gasteiger partial charge on any atom is -0.399 e. The molecule has 5 heteroatoms. The number of anilines is 1. The summed E-state index contributed by atoms with van der Waals surface area (Å²) in [5, 5.41) is -0.561. The van der Waals surface area contributed by atoms with E-state index in [-0.39, 0.29) is 0 Å². The normalized spacial score (nSPS) is 15.7. The van der Waals surface area contributed by atoms with Crippen LogP contribution in [0.15, 0.2) is 24.3 Å². The van der Waals surface area contributed by atoms with Crippen molar-refractivity contribution in [3.05, 3.63) is 29.8 Å². The van der Waals surface area contributed by atoms with Crippen LogP contribution in [0.2, 0.25) is 0 Å². The standard InChI is InChI=1S/C11H18N2O2S/c1-3-10(16(2,14)15)11(13)8-5-4-6-9(12)7-8/h4-7,10-11H,3,12-13H2,1-2H3/t10-,11+/m1/s1. The van der Waals surface area contributed by atoms with Crippen molar-refractivity contribution in [1.82, 2.24) is 0 Å². The van der Waals surface area contributed by atoms with E-state index in [0.717, 1.165) is 5.56 Å². The maximum atomic E-state index is 11.6. The van der Waals surface area contributed by atoms with E-state index < -0.39 is 21.1 Å². The van der Waals surface area contributed by atoms with Crippen LogP contribution >= 0.6 is 0 Å². The van der Waals surface area contributed by atoms with Crippen molar-refractivity contribution in [2.45, 2.75) is 24.6 Å². The fraction of sp³-hybridized carbons (Fsp3) is 0.455. The second kappa shape index (κ2) is 4.84. The first kappa shape index (κ1) is 13.0. The van der Waals surface area contributed by atoms with Crippen molar-refractivity contribution in [3.63, 3.8) is 0 Å². The van der Waals surface area contributed by atoms with Crippen LogP contribution in [0.1, 0.15) is 24.9 Å². The highest BCUT2D eigenvalue weighted by molar-refractivity contribution is 7.91. The van der Waals surface area contributed by atoms with Crippen LogP contribution in [-0.2, 0) is 9.84 Å². The number of benzene rings is 1. The molecule has 1 aromatic carbocycles. The molecular weight excluding hydrogens is 224 g/mol. The van der Waals surface area contributed by atoms with Gasteiger partial charge in [-0.1, -0.05) is 19.1 Å². The molecule has 0 aliphatic carbocycles. The molecule has 0 aliphatic rings. The van der Waals surface area contributed by atoms with Gasteiger partial charge >= 0.3 is 0 Å².